The lowest BCUT2D eigenvalue weighted by atomic mass is 9.82. The van der Waals surface area contributed by atoms with Gasteiger partial charge in [-0.1, -0.05) is 45.9 Å². The van der Waals surface area contributed by atoms with Crippen LogP contribution < -0.4 is 5.32 Å². The Labute approximate surface area is 125 Å². The number of hydrogen-bond acceptors (Lipinski definition) is 2. The van der Waals surface area contributed by atoms with E-state index >= 15 is 0 Å². The van der Waals surface area contributed by atoms with Crippen LogP contribution in [0.1, 0.15) is 47.0 Å². The first-order valence-corrected chi connectivity index (χ1v) is 7.28. The minimum absolute atomic E-state index is 0.0421. The summed E-state index contributed by atoms with van der Waals surface area (Å²) in [6, 6.07) is -0.994. The third kappa shape index (κ3) is 4.37. The number of carboxylic acid groups (broad SMARTS) is 1. The maximum atomic E-state index is 14.2. The molecule has 0 bridgehead atoms. The quantitative estimate of drug-likeness (QED) is 0.785. The maximum Gasteiger partial charge on any atom is 0.320 e. The number of carboxylic acids is 1. The Morgan fingerprint density at radius 2 is 1.86 bits per heavy atom. The van der Waals surface area contributed by atoms with Gasteiger partial charge in [0, 0.05) is 0 Å². The van der Waals surface area contributed by atoms with Crippen molar-refractivity contribution in [1.29, 1.82) is 0 Å². The van der Waals surface area contributed by atoms with E-state index in [0.717, 1.165) is 6.08 Å². The van der Waals surface area contributed by atoms with Crippen LogP contribution in [-0.4, -0.2) is 28.6 Å². The predicted molar refractivity (Wildman–Crippen MR) is 79.5 cm³/mol. The second-order valence-electron chi connectivity index (χ2n) is 6.80. The fourth-order valence-electron chi connectivity index (χ4n) is 2.40. The van der Waals surface area contributed by atoms with Crippen LogP contribution in [0.2, 0.25) is 0 Å². The van der Waals surface area contributed by atoms with E-state index < -0.39 is 23.5 Å². The van der Waals surface area contributed by atoms with E-state index in [4.69, 9.17) is 0 Å². The van der Waals surface area contributed by atoms with Gasteiger partial charge in [0.2, 0.25) is 0 Å². The highest BCUT2D eigenvalue weighted by Crippen LogP contribution is 2.37. The average Bonchev–Trinajstić information content (AvgIpc) is 2.34. The van der Waals surface area contributed by atoms with Crippen LogP contribution in [0.5, 0.6) is 0 Å². The zero-order valence-corrected chi connectivity index (χ0v) is 13.1. The van der Waals surface area contributed by atoms with Crippen LogP contribution in [0.25, 0.3) is 0 Å². The summed E-state index contributed by atoms with van der Waals surface area (Å²) in [7, 11) is 0. The van der Waals surface area contributed by atoms with Crippen molar-refractivity contribution >= 4 is 5.97 Å². The molecule has 0 heterocycles. The monoisotopic (exact) mass is 301 g/mol. The van der Waals surface area contributed by atoms with E-state index in [1.807, 2.05) is 20.8 Å². The lowest BCUT2D eigenvalue weighted by Gasteiger charge is -2.40. The Kier molecular flexibility index (Phi) is 5.31. The number of halogens is 2. The number of rotatable bonds is 6. The van der Waals surface area contributed by atoms with Crippen molar-refractivity contribution in [2.24, 2.45) is 5.41 Å². The fourth-order valence-corrected chi connectivity index (χ4v) is 2.40. The molecule has 5 heteroatoms. The van der Waals surface area contributed by atoms with E-state index in [-0.39, 0.29) is 11.8 Å². The molecule has 1 aliphatic carbocycles. The second-order valence-corrected chi connectivity index (χ2v) is 6.80. The summed E-state index contributed by atoms with van der Waals surface area (Å²) in [6.07, 6.45) is 6.10. The topological polar surface area (TPSA) is 49.3 Å². The third-order valence-electron chi connectivity index (χ3n) is 3.86. The van der Waals surface area contributed by atoms with E-state index in [1.165, 1.54) is 18.2 Å². The van der Waals surface area contributed by atoms with Gasteiger partial charge >= 0.3 is 5.97 Å². The minimum Gasteiger partial charge on any atom is -0.480 e. The average molecular weight is 301 g/mol. The first-order valence-electron chi connectivity index (χ1n) is 7.28. The fraction of sp³-hybridized carbons (Fsp3) is 0.688. The van der Waals surface area contributed by atoms with Gasteiger partial charge in [-0.05, 0) is 30.8 Å². The first-order chi connectivity index (χ1) is 9.53. The highest BCUT2D eigenvalue weighted by molar-refractivity contribution is 5.73. The van der Waals surface area contributed by atoms with Gasteiger partial charge in [-0.25, -0.2) is 0 Å². The number of alkyl halides is 2. The Morgan fingerprint density at radius 3 is 2.29 bits per heavy atom. The van der Waals surface area contributed by atoms with Crippen LogP contribution in [0.4, 0.5) is 8.78 Å². The van der Waals surface area contributed by atoms with E-state index in [0.29, 0.717) is 12.8 Å². The summed E-state index contributed by atoms with van der Waals surface area (Å²) >= 11 is 0. The molecule has 0 amide bonds. The van der Waals surface area contributed by atoms with Crippen molar-refractivity contribution in [2.45, 2.75) is 64.5 Å². The largest absolute Gasteiger partial charge is 0.480 e. The van der Waals surface area contributed by atoms with Crippen molar-refractivity contribution in [1.82, 2.24) is 5.32 Å². The molecule has 0 radical (unpaired) electrons. The van der Waals surface area contributed by atoms with Gasteiger partial charge in [-0.2, -0.15) is 8.78 Å². The molecule has 0 aromatic rings. The van der Waals surface area contributed by atoms with Gasteiger partial charge in [0.1, 0.15) is 11.6 Å². The van der Waals surface area contributed by atoms with Crippen LogP contribution in [0.3, 0.4) is 0 Å². The Bertz CT molecular complexity index is 438. The highest BCUT2D eigenvalue weighted by Gasteiger charge is 2.51. The molecular weight excluding hydrogens is 276 g/mol. The minimum atomic E-state index is -3.11. The molecule has 0 aromatic carbocycles. The van der Waals surface area contributed by atoms with Crippen molar-refractivity contribution in [3.05, 3.63) is 24.3 Å². The normalized spacial score (nSPS) is 25.8. The van der Waals surface area contributed by atoms with Gasteiger partial charge in [-0.3, -0.25) is 10.1 Å². The van der Waals surface area contributed by atoms with Crippen molar-refractivity contribution in [3.8, 4) is 0 Å². The summed E-state index contributed by atoms with van der Waals surface area (Å²) in [5.41, 5.74) is -1.68. The number of carbonyl (C=O) groups is 1. The van der Waals surface area contributed by atoms with Crippen LogP contribution in [0.15, 0.2) is 24.3 Å². The van der Waals surface area contributed by atoms with Gasteiger partial charge in [0.25, 0.3) is 5.92 Å². The molecule has 0 saturated heterocycles. The van der Waals surface area contributed by atoms with Gasteiger partial charge < -0.3 is 5.11 Å². The maximum absolute atomic E-state index is 14.2. The Hall–Kier alpha value is -1.23. The number of aliphatic carboxylic acids is 1. The van der Waals surface area contributed by atoms with Gasteiger partial charge in [0.05, 0.1) is 0 Å². The smallest absolute Gasteiger partial charge is 0.320 e. The first kappa shape index (κ1) is 17.8. The van der Waals surface area contributed by atoms with Gasteiger partial charge in [-0.15, -0.1) is 0 Å². The molecule has 3 nitrogen and oxygen atoms in total. The molecular formula is C16H25F2NO2. The van der Waals surface area contributed by atoms with Gasteiger partial charge in [0.15, 0.2) is 0 Å². The molecule has 120 valence electrons. The summed E-state index contributed by atoms with van der Waals surface area (Å²) in [6.45, 7) is 7.63. The molecule has 0 fully saturated rings. The molecule has 0 aromatic heterocycles. The summed E-state index contributed by atoms with van der Waals surface area (Å²) in [5, 5.41) is 12.0. The van der Waals surface area contributed by atoms with E-state index in [1.54, 1.807) is 6.92 Å². The molecule has 2 N–H and O–H groups in total. The number of allylic oxidation sites excluding steroid dienone is 2. The third-order valence-corrected chi connectivity index (χ3v) is 3.86. The number of hydrogen-bond donors (Lipinski definition) is 2. The predicted octanol–water partition coefficient (Wildman–Crippen LogP) is 3.77. The molecule has 1 rings (SSSR count). The Balaban J connectivity index is 2.93. The molecule has 21 heavy (non-hydrogen) atoms. The van der Waals surface area contributed by atoms with E-state index in [2.05, 4.69) is 5.32 Å². The summed E-state index contributed by atoms with van der Waals surface area (Å²) < 4.78 is 28.5. The van der Waals surface area contributed by atoms with Crippen LogP contribution >= 0.6 is 0 Å². The zero-order valence-electron chi connectivity index (χ0n) is 13.1. The molecule has 0 saturated carbocycles. The molecule has 0 spiro atoms. The molecule has 2 atom stereocenters. The lowest BCUT2D eigenvalue weighted by Crippen LogP contribution is -2.61. The van der Waals surface area contributed by atoms with E-state index in [9.17, 15) is 18.7 Å². The van der Waals surface area contributed by atoms with Crippen LogP contribution in [0, 0.1) is 5.41 Å². The molecule has 1 aliphatic rings. The second kappa shape index (κ2) is 6.26. The van der Waals surface area contributed by atoms with Crippen molar-refractivity contribution < 1.29 is 18.7 Å². The van der Waals surface area contributed by atoms with Crippen LogP contribution in [-0.2, 0) is 4.79 Å². The standard InChI is InChI=1S/C16H25F2NO2/c1-5-15(9-6-7-10-16(15,17)18)19-12(13(20)21)8-11-14(2,3)4/h6-7,9-10,12,19H,5,8,11H2,1-4H3,(H,20,21)/t12?,15-/m0/s1. The van der Waals surface area contributed by atoms with Crippen molar-refractivity contribution in [3.63, 3.8) is 0 Å². The highest BCUT2D eigenvalue weighted by atomic mass is 19.3. The molecule has 1 unspecified atom stereocenters. The zero-order chi connectivity index (χ0) is 16.3. The Morgan fingerprint density at radius 1 is 1.29 bits per heavy atom. The molecule has 0 aliphatic heterocycles. The van der Waals surface area contributed by atoms with Crippen molar-refractivity contribution in [2.75, 3.05) is 0 Å². The number of nitrogens with one attached hydrogen (secondary N) is 1. The summed E-state index contributed by atoms with van der Waals surface area (Å²) in [4.78, 5) is 11.4. The lowest BCUT2D eigenvalue weighted by molar-refractivity contribution is -0.141. The summed E-state index contributed by atoms with van der Waals surface area (Å²) in [5.74, 6) is -4.20. The SMILES string of the molecule is CC[C@]1(NC(CCC(C)(C)C)C(=O)O)C=CC=CC1(F)F.